The predicted octanol–water partition coefficient (Wildman–Crippen LogP) is 1.23. The second kappa shape index (κ2) is 7.98. The quantitative estimate of drug-likeness (QED) is 0.759. The van der Waals surface area contributed by atoms with Crippen molar-refractivity contribution in [1.29, 1.82) is 0 Å². The fraction of sp³-hybridized carbons (Fsp3) is 0.733. The smallest absolute Gasteiger partial charge is 0.385 e. The molecule has 2 rings (SSSR count). The zero-order chi connectivity index (χ0) is 17.7. The number of amides is 1. The third-order valence-corrected chi connectivity index (χ3v) is 4.40. The number of aliphatic hydroxyl groups is 1. The van der Waals surface area contributed by atoms with Gasteiger partial charge >= 0.3 is 12.1 Å². The van der Waals surface area contributed by atoms with Crippen LogP contribution in [0.4, 0.5) is 13.2 Å². The summed E-state index contributed by atoms with van der Waals surface area (Å²) in [5.74, 6) is -1.10. The second-order valence-corrected chi connectivity index (χ2v) is 6.13. The molecule has 0 spiro atoms. The average Bonchev–Trinajstić information content (AvgIpc) is 2.96. The van der Waals surface area contributed by atoms with Crippen LogP contribution in [0.15, 0.2) is 12.4 Å². The molecule has 1 atom stereocenters. The average molecular weight is 348 g/mol. The van der Waals surface area contributed by atoms with Gasteiger partial charge in [-0.3, -0.25) is 4.79 Å². The van der Waals surface area contributed by atoms with Gasteiger partial charge in [0.05, 0.1) is 0 Å². The second-order valence-electron chi connectivity index (χ2n) is 6.13. The van der Waals surface area contributed by atoms with Gasteiger partial charge in [0, 0.05) is 26.0 Å². The maximum atomic E-state index is 12.0. The topological polar surface area (TPSA) is 70.4 Å². The summed E-state index contributed by atoms with van der Waals surface area (Å²) in [5.41, 5.74) is 0. The highest BCUT2D eigenvalue weighted by atomic mass is 19.4. The zero-order valence-corrected chi connectivity index (χ0v) is 13.6. The van der Waals surface area contributed by atoms with Gasteiger partial charge in [-0.2, -0.15) is 13.2 Å². The number of hydrogen-bond donors (Lipinski definition) is 2. The number of carbonyl (C=O) groups excluding carboxylic acids is 1. The first-order valence-electron chi connectivity index (χ1n) is 8.01. The van der Waals surface area contributed by atoms with E-state index < -0.39 is 18.2 Å². The monoisotopic (exact) mass is 348 g/mol. The van der Waals surface area contributed by atoms with Crippen molar-refractivity contribution in [3.05, 3.63) is 18.2 Å². The standard InChI is InChI=1S/C15H23F3N4O2/c1-21-10-6-19-13(21)12(23)11-3-8-22(9-4-11)7-2-5-20-14(24)15(16,17)18/h6,10-12,23H,2-5,7-9H2,1H3,(H,20,24). The third-order valence-electron chi connectivity index (χ3n) is 4.40. The van der Waals surface area contributed by atoms with E-state index in [0.717, 1.165) is 25.9 Å². The highest BCUT2D eigenvalue weighted by molar-refractivity contribution is 5.81. The van der Waals surface area contributed by atoms with Crippen LogP contribution in [0.1, 0.15) is 31.2 Å². The number of hydrogen-bond acceptors (Lipinski definition) is 4. The van der Waals surface area contributed by atoms with E-state index in [2.05, 4.69) is 9.88 Å². The van der Waals surface area contributed by atoms with E-state index in [-0.39, 0.29) is 12.5 Å². The SMILES string of the molecule is Cn1ccnc1C(O)C1CCN(CCCNC(=O)C(F)(F)F)CC1. The third kappa shape index (κ3) is 4.94. The number of rotatable bonds is 6. The molecule has 136 valence electrons. The molecular formula is C15H23F3N4O2. The summed E-state index contributed by atoms with van der Waals surface area (Å²) in [6.45, 7) is 2.19. The van der Waals surface area contributed by atoms with Crippen LogP contribution in [0.5, 0.6) is 0 Å². The van der Waals surface area contributed by atoms with Gasteiger partial charge in [-0.15, -0.1) is 0 Å². The maximum Gasteiger partial charge on any atom is 0.471 e. The number of aryl methyl sites for hydroxylation is 1. The predicted molar refractivity (Wildman–Crippen MR) is 81.0 cm³/mol. The number of halogens is 3. The Morgan fingerprint density at radius 1 is 1.46 bits per heavy atom. The fourth-order valence-corrected chi connectivity index (χ4v) is 2.97. The summed E-state index contributed by atoms with van der Waals surface area (Å²) < 4.78 is 37.9. The van der Waals surface area contributed by atoms with Crippen molar-refractivity contribution in [3.63, 3.8) is 0 Å². The molecule has 0 saturated carbocycles. The molecule has 1 aliphatic heterocycles. The molecule has 1 unspecified atom stereocenters. The number of carbonyl (C=O) groups is 1. The zero-order valence-electron chi connectivity index (χ0n) is 13.6. The molecule has 1 aromatic heterocycles. The Labute approximate surface area is 138 Å². The molecule has 0 radical (unpaired) electrons. The lowest BCUT2D eigenvalue weighted by molar-refractivity contribution is -0.173. The molecule has 0 bridgehead atoms. The Kier molecular flexibility index (Phi) is 6.22. The summed E-state index contributed by atoms with van der Waals surface area (Å²) in [6, 6.07) is 0. The molecule has 1 aliphatic rings. The van der Waals surface area contributed by atoms with Crippen LogP contribution < -0.4 is 5.32 Å². The van der Waals surface area contributed by atoms with Gasteiger partial charge in [0.15, 0.2) is 0 Å². The number of imidazole rings is 1. The summed E-state index contributed by atoms with van der Waals surface area (Å²) in [7, 11) is 1.84. The molecule has 9 heteroatoms. The van der Waals surface area contributed by atoms with E-state index in [1.54, 1.807) is 17.0 Å². The van der Waals surface area contributed by atoms with Crippen molar-refractivity contribution in [1.82, 2.24) is 19.8 Å². The lowest BCUT2D eigenvalue weighted by atomic mass is 9.90. The summed E-state index contributed by atoms with van der Waals surface area (Å²) in [6.07, 6.45) is 0.115. The van der Waals surface area contributed by atoms with Gasteiger partial charge in [0.2, 0.25) is 0 Å². The van der Waals surface area contributed by atoms with Crippen molar-refractivity contribution in [3.8, 4) is 0 Å². The first-order valence-corrected chi connectivity index (χ1v) is 8.01. The number of aliphatic hydroxyl groups excluding tert-OH is 1. The van der Waals surface area contributed by atoms with Crippen LogP contribution in [0.25, 0.3) is 0 Å². The van der Waals surface area contributed by atoms with Crippen LogP contribution in [0, 0.1) is 5.92 Å². The number of likely N-dealkylation sites (tertiary alicyclic amines) is 1. The number of nitrogens with one attached hydrogen (secondary N) is 1. The van der Waals surface area contributed by atoms with Crippen LogP contribution >= 0.6 is 0 Å². The largest absolute Gasteiger partial charge is 0.471 e. The summed E-state index contributed by atoms with van der Waals surface area (Å²) in [5, 5.41) is 12.3. The lowest BCUT2D eigenvalue weighted by Gasteiger charge is -2.34. The van der Waals surface area contributed by atoms with Crippen molar-refractivity contribution < 1.29 is 23.1 Å². The molecule has 1 amide bonds. The Bertz CT molecular complexity index is 539. The van der Waals surface area contributed by atoms with Gasteiger partial charge in [-0.05, 0) is 44.8 Å². The highest BCUT2D eigenvalue weighted by Gasteiger charge is 2.38. The van der Waals surface area contributed by atoms with Gasteiger partial charge < -0.3 is 19.9 Å². The lowest BCUT2D eigenvalue weighted by Crippen LogP contribution is -2.40. The van der Waals surface area contributed by atoms with E-state index in [4.69, 9.17) is 0 Å². The fourth-order valence-electron chi connectivity index (χ4n) is 2.97. The van der Waals surface area contributed by atoms with Crippen molar-refractivity contribution in [2.45, 2.75) is 31.5 Å². The van der Waals surface area contributed by atoms with Gasteiger partial charge in [0.25, 0.3) is 0 Å². The van der Waals surface area contributed by atoms with E-state index >= 15 is 0 Å². The Balaban J connectivity index is 1.66. The minimum atomic E-state index is -4.82. The molecule has 2 heterocycles. The first-order chi connectivity index (χ1) is 11.3. The molecule has 1 aromatic rings. The van der Waals surface area contributed by atoms with E-state index in [1.165, 1.54) is 0 Å². The summed E-state index contributed by atoms with van der Waals surface area (Å²) >= 11 is 0. The number of alkyl halides is 3. The maximum absolute atomic E-state index is 12.0. The van der Waals surface area contributed by atoms with Gasteiger partial charge in [-0.25, -0.2) is 4.98 Å². The van der Waals surface area contributed by atoms with Crippen LogP contribution in [-0.4, -0.2) is 57.8 Å². The van der Waals surface area contributed by atoms with Crippen LogP contribution in [0.2, 0.25) is 0 Å². The molecule has 2 N–H and O–H groups in total. The molecule has 1 saturated heterocycles. The number of nitrogens with zero attached hydrogens (tertiary/aromatic N) is 3. The van der Waals surface area contributed by atoms with Gasteiger partial charge in [0.1, 0.15) is 11.9 Å². The van der Waals surface area contributed by atoms with E-state index in [9.17, 15) is 23.1 Å². The van der Waals surface area contributed by atoms with Crippen LogP contribution in [-0.2, 0) is 11.8 Å². The molecule has 1 fully saturated rings. The number of piperidine rings is 1. The van der Waals surface area contributed by atoms with Crippen molar-refractivity contribution in [2.24, 2.45) is 13.0 Å². The highest BCUT2D eigenvalue weighted by Crippen LogP contribution is 2.29. The van der Waals surface area contributed by atoms with E-state index in [0.29, 0.717) is 18.8 Å². The van der Waals surface area contributed by atoms with Crippen molar-refractivity contribution >= 4 is 5.91 Å². The number of aromatic nitrogens is 2. The van der Waals surface area contributed by atoms with Gasteiger partial charge in [-0.1, -0.05) is 0 Å². The van der Waals surface area contributed by atoms with Crippen molar-refractivity contribution in [2.75, 3.05) is 26.2 Å². The molecule has 0 aromatic carbocycles. The minimum Gasteiger partial charge on any atom is -0.385 e. The molecule has 24 heavy (non-hydrogen) atoms. The minimum absolute atomic E-state index is 0.00810. The Hall–Kier alpha value is -1.61. The normalized spacial score (nSPS) is 18.5. The Morgan fingerprint density at radius 3 is 2.67 bits per heavy atom. The molecular weight excluding hydrogens is 325 g/mol. The molecule has 0 aliphatic carbocycles. The first kappa shape index (κ1) is 18.7. The summed E-state index contributed by atoms with van der Waals surface area (Å²) in [4.78, 5) is 17.0. The molecule has 6 nitrogen and oxygen atoms in total. The Morgan fingerprint density at radius 2 is 2.12 bits per heavy atom. The van der Waals surface area contributed by atoms with Crippen LogP contribution in [0.3, 0.4) is 0 Å². The van der Waals surface area contributed by atoms with E-state index in [1.807, 2.05) is 12.4 Å².